The molecule has 0 spiro atoms. The topological polar surface area (TPSA) is 84.1 Å². The number of nitrogens with zero attached hydrogens (tertiary/aromatic N) is 4. The Hall–Kier alpha value is -2.51. The molecule has 0 unspecified atom stereocenters. The standard InChI is InChI=1S/C14H9ClN4O2S/c15-9-3-1-8(2-4-9)13-16-17-18-19(13)14(22)11-6-5-10(20)7-12(11)21/h1-7,20-21H. The zero-order valence-electron chi connectivity index (χ0n) is 11.0. The van der Waals surface area contributed by atoms with Crippen LogP contribution in [-0.2, 0) is 0 Å². The average Bonchev–Trinajstić information content (AvgIpc) is 2.97. The van der Waals surface area contributed by atoms with Crippen molar-refractivity contribution in [2.24, 2.45) is 0 Å². The molecular formula is C14H9ClN4O2S. The van der Waals surface area contributed by atoms with Crippen LogP contribution < -0.4 is 0 Å². The highest BCUT2D eigenvalue weighted by Crippen LogP contribution is 2.25. The van der Waals surface area contributed by atoms with E-state index in [4.69, 9.17) is 23.8 Å². The van der Waals surface area contributed by atoms with Gasteiger partial charge in [0.15, 0.2) is 5.82 Å². The third kappa shape index (κ3) is 2.63. The highest BCUT2D eigenvalue weighted by Gasteiger charge is 2.17. The summed E-state index contributed by atoms with van der Waals surface area (Å²) in [6.07, 6.45) is 0. The summed E-state index contributed by atoms with van der Waals surface area (Å²) in [6.45, 7) is 0. The van der Waals surface area contributed by atoms with Crippen LogP contribution in [0.25, 0.3) is 11.4 Å². The summed E-state index contributed by atoms with van der Waals surface area (Å²) in [7, 11) is 0. The van der Waals surface area contributed by atoms with Gasteiger partial charge < -0.3 is 10.2 Å². The summed E-state index contributed by atoms with van der Waals surface area (Å²) in [5.74, 6) is 0.218. The second kappa shape index (κ2) is 5.70. The maximum absolute atomic E-state index is 9.91. The van der Waals surface area contributed by atoms with Crippen LogP contribution in [0.5, 0.6) is 11.5 Å². The summed E-state index contributed by atoms with van der Waals surface area (Å²) in [5, 5.41) is 31.3. The molecule has 1 aromatic heterocycles. The molecule has 0 radical (unpaired) electrons. The fourth-order valence-electron chi connectivity index (χ4n) is 1.92. The van der Waals surface area contributed by atoms with Crippen LogP contribution in [0.15, 0.2) is 42.5 Å². The molecule has 0 bridgehead atoms. The third-order valence-corrected chi connectivity index (χ3v) is 3.62. The van der Waals surface area contributed by atoms with E-state index in [0.29, 0.717) is 16.4 Å². The van der Waals surface area contributed by atoms with Crippen LogP contribution in [0.3, 0.4) is 0 Å². The molecule has 6 nitrogen and oxygen atoms in total. The second-order valence-electron chi connectivity index (χ2n) is 4.43. The first-order chi connectivity index (χ1) is 10.6. The number of hydrogen-bond acceptors (Lipinski definition) is 6. The number of aromatic nitrogens is 4. The lowest BCUT2D eigenvalue weighted by atomic mass is 10.1. The molecule has 110 valence electrons. The molecule has 0 aliphatic heterocycles. The van der Waals surface area contributed by atoms with Gasteiger partial charge in [0, 0.05) is 16.7 Å². The van der Waals surface area contributed by atoms with E-state index >= 15 is 0 Å². The third-order valence-electron chi connectivity index (χ3n) is 2.98. The van der Waals surface area contributed by atoms with Crippen LogP contribution in [0, 0.1) is 0 Å². The number of phenols is 2. The van der Waals surface area contributed by atoms with E-state index in [1.807, 2.05) is 0 Å². The first-order valence-corrected chi connectivity index (χ1v) is 6.96. The maximum atomic E-state index is 9.91. The van der Waals surface area contributed by atoms with Crippen molar-refractivity contribution in [1.29, 1.82) is 0 Å². The Morgan fingerprint density at radius 2 is 1.82 bits per heavy atom. The largest absolute Gasteiger partial charge is 0.508 e. The Balaban J connectivity index is 2.04. The van der Waals surface area contributed by atoms with Crippen LogP contribution in [-0.4, -0.2) is 35.4 Å². The molecule has 0 saturated carbocycles. The van der Waals surface area contributed by atoms with E-state index in [1.165, 1.54) is 22.9 Å². The number of tetrazole rings is 1. The summed E-state index contributed by atoms with van der Waals surface area (Å²) >= 11 is 11.2. The highest BCUT2D eigenvalue weighted by atomic mass is 35.5. The van der Waals surface area contributed by atoms with Crippen molar-refractivity contribution in [2.75, 3.05) is 0 Å². The SMILES string of the molecule is Oc1ccc(C(=S)n2nnnc2-c2ccc(Cl)cc2)c(O)c1. The van der Waals surface area contributed by atoms with Gasteiger partial charge in [-0.1, -0.05) is 23.8 Å². The van der Waals surface area contributed by atoms with Gasteiger partial charge in [0.05, 0.1) is 5.56 Å². The maximum Gasteiger partial charge on any atom is 0.188 e. The predicted octanol–water partition coefficient (Wildman–Crippen LogP) is 2.63. The van der Waals surface area contributed by atoms with Crippen LogP contribution >= 0.6 is 23.8 Å². The highest BCUT2D eigenvalue weighted by molar-refractivity contribution is 7.80. The van der Waals surface area contributed by atoms with Crippen LogP contribution in [0.1, 0.15) is 5.56 Å². The average molecular weight is 333 g/mol. The Labute approximate surface area is 135 Å². The van der Waals surface area contributed by atoms with E-state index < -0.39 is 0 Å². The molecule has 2 aromatic carbocycles. The van der Waals surface area contributed by atoms with Gasteiger partial charge in [-0.3, -0.25) is 0 Å². The molecular weight excluding hydrogens is 324 g/mol. The quantitative estimate of drug-likeness (QED) is 0.702. The summed E-state index contributed by atoms with van der Waals surface area (Å²) in [5.41, 5.74) is 1.07. The van der Waals surface area contributed by atoms with Crippen LogP contribution in [0.2, 0.25) is 5.02 Å². The second-order valence-corrected chi connectivity index (χ2v) is 5.25. The molecule has 0 aliphatic rings. The first-order valence-electron chi connectivity index (χ1n) is 6.17. The number of halogens is 1. The van der Waals surface area contributed by atoms with E-state index in [9.17, 15) is 10.2 Å². The minimum Gasteiger partial charge on any atom is -0.508 e. The fraction of sp³-hybridized carbons (Fsp3) is 0. The molecule has 3 rings (SSSR count). The smallest absolute Gasteiger partial charge is 0.188 e. The molecule has 0 fully saturated rings. The number of hydrogen-bond donors (Lipinski definition) is 2. The van der Waals surface area contributed by atoms with Crippen molar-refractivity contribution < 1.29 is 10.2 Å². The molecule has 2 N–H and O–H groups in total. The lowest BCUT2D eigenvalue weighted by Crippen LogP contribution is -2.14. The zero-order valence-corrected chi connectivity index (χ0v) is 12.6. The summed E-state index contributed by atoms with van der Waals surface area (Å²) in [4.78, 5) is 0.215. The number of benzene rings is 2. The van der Waals surface area contributed by atoms with Gasteiger partial charge in [-0.05, 0) is 46.8 Å². The fourth-order valence-corrected chi connectivity index (χ4v) is 2.34. The van der Waals surface area contributed by atoms with Crippen molar-refractivity contribution in [3.63, 3.8) is 0 Å². The van der Waals surface area contributed by atoms with Crippen molar-refractivity contribution in [3.8, 4) is 22.9 Å². The zero-order chi connectivity index (χ0) is 15.7. The Kier molecular flexibility index (Phi) is 3.74. The number of thiocarbonyl (C=S) groups is 1. The lowest BCUT2D eigenvalue weighted by Gasteiger charge is -2.08. The van der Waals surface area contributed by atoms with Crippen molar-refractivity contribution in [3.05, 3.63) is 53.1 Å². The normalized spacial score (nSPS) is 10.6. The molecule has 8 heteroatoms. The Morgan fingerprint density at radius 3 is 2.50 bits per heavy atom. The van der Waals surface area contributed by atoms with E-state index in [2.05, 4.69) is 15.5 Å². The Morgan fingerprint density at radius 1 is 1.09 bits per heavy atom. The molecule has 1 heterocycles. The minimum atomic E-state index is -0.150. The van der Waals surface area contributed by atoms with Gasteiger partial charge in [0.2, 0.25) is 0 Å². The Bertz CT molecular complexity index is 848. The number of rotatable bonds is 2. The molecule has 0 saturated heterocycles. The molecule has 0 atom stereocenters. The number of phenolic OH excluding ortho intramolecular Hbond substituents is 2. The summed E-state index contributed by atoms with van der Waals surface area (Å²) in [6, 6.07) is 11.1. The van der Waals surface area contributed by atoms with Gasteiger partial charge in [-0.25, -0.2) is 0 Å². The molecule has 3 aromatic rings. The van der Waals surface area contributed by atoms with E-state index in [1.54, 1.807) is 24.3 Å². The van der Waals surface area contributed by atoms with Crippen LogP contribution in [0.4, 0.5) is 0 Å². The van der Waals surface area contributed by atoms with Gasteiger partial charge >= 0.3 is 0 Å². The molecule has 0 amide bonds. The van der Waals surface area contributed by atoms with Gasteiger partial charge in [-0.15, -0.1) is 5.10 Å². The van der Waals surface area contributed by atoms with E-state index in [0.717, 1.165) is 5.56 Å². The van der Waals surface area contributed by atoms with Crippen molar-refractivity contribution in [1.82, 2.24) is 20.2 Å². The van der Waals surface area contributed by atoms with Gasteiger partial charge in [-0.2, -0.15) is 4.68 Å². The molecule has 22 heavy (non-hydrogen) atoms. The minimum absolute atomic E-state index is 0.0568. The van der Waals surface area contributed by atoms with Crippen molar-refractivity contribution in [2.45, 2.75) is 0 Å². The monoisotopic (exact) mass is 332 g/mol. The van der Waals surface area contributed by atoms with Crippen molar-refractivity contribution >= 4 is 28.8 Å². The lowest BCUT2D eigenvalue weighted by molar-refractivity contribution is 0.450. The van der Waals surface area contributed by atoms with Gasteiger partial charge in [0.25, 0.3) is 0 Å². The molecule has 0 aliphatic carbocycles. The summed E-state index contributed by atoms with van der Waals surface area (Å²) < 4.78 is 1.34. The van der Waals surface area contributed by atoms with E-state index in [-0.39, 0.29) is 16.5 Å². The number of aromatic hydroxyl groups is 2. The predicted molar refractivity (Wildman–Crippen MR) is 85.1 cm³/mol. The first kappa shape index (κ1) is 14.4. The van der Waals surface area contributed by atoms with Gasteiger partial charge in [0.1, 0.15) is 16.5 Å².